The van der Waals surface area contributed by atoms with Crippen LogP contribution < -0.4 is 5.32 Å². The molecule has 0 aliphatic carbocycles. The van der Waals surface area contributed by atoms with E-state index in [0.29, 0.717) is 19.1 Å². The minimum atomic E-state index is 0.662. The van der Waals surface area contributed by atoms with E-state index < -0.39 is 0 Å². The zero-order valence-corrected chi connectivity index (χ0v) is 12.4. The van der Waals surface area contributed by atoms with Crippen LogP contribution in [0, 0.1) is 5.92 Å². The van der Waals surface area contributed by atoms with Gasteiger partial charge in [0.2, 0.25) is 0 Å². The summed E-state index contributed by atoms with van der Waals surface area (Å²) in [4.78, 5) is 4.21. The van der Waals surface area contributed by atoms with Gasteiger partial charge in [0.1, 0.15) is 0 Å². The molecule has 0 unspecified atom stereocenters. The van der Waals surface area contributed by atoms with Crippen LogP contribution in [0.2, 0.25) is 0 Å². The van der Waals surface area contributed by atoms with Crippen LogP contribution in [-0.4, -0.2) is 43.0 Å². The second-order valence-corrected chi connectivity index (χ2v) is 5.06. The molecule has 0 aliphatic rings. The summed E-state index contributed by atoms with van der Waals surface area (Å²) < 4.78 is 12.6. The van der Waals surface area contributed by atoms with E-state index in [9.17, 15) is 0 Å². The summed E-state index contributed by atoms with van der Waals surface area (Å²) >= 11 is 0. The topological polar surface area (TPSA) is 48.3 Å². The first-order valence-electron chi connectivity index (χ1n) is 7.00. The van der Waals surface area contributed by atoms with Crippen molar-refractivity contribution in [1.82, 2.24) is 14.9 Å². The highest BCUT2D eigenvalue weighted by molar-refractivity contribution is 4.97. The third-order valence-corrected chi connectivity index (χ3v) is 2.78. The summed E-state index contributed by atoms with van der Waals surface area (Å²) in [5.41, 5.74) is 1.23. The van der Waals surface area contributed by atoms with Crippen molar-refractivity contribution >= 4 is 0 Å². The molecule has 5 heteroatoms. The van der Waals surface area contributed by atoms with Gasteiger partial charge in [-0.05, 0) is 18.9 Å². The molecule has 0 amide bonds. The molecular formula is C14H27N3O2. The molecule has 1 rings (SSSR count). The molecule has 0 bridgehead atoms. The van der Waals surface area contributed by atoms with Gasteiger partial charge in [0.05, 0.1) is 25.2 Å². The van der Waals surface area contributed by atoms with Crippen molar-refractivity contribution in [2.24, 2.45) is 5.92 Å². The number of methoxy groups -OCH3 is 1. The number of ether oxygens (including phenoxy) is 2. The predicted octanol–water partition coefficient (Wildman–Crippen LogP) is 1.68. The summed E-state index contributed by atoms with van der Waals surface area (Å²) in [6.07, 6.45) is 4.82. The molecule has 1 heterocycles. The number of aryl methyl sites for hydroxylation is 1. The summed E-state index contributed by atoms with van der Waals surface area (Å²) in [6, 6.07) is 0. The highest BCUT2D eigenvalue weighted by atomic mass is 16.5. The van der Waals surface area contributed by atoms with Crippen molar-refractivity contribution < 1.29 is 9.47 Å². The Morgan fingerprint density at radius 3 is 2.89 bits per heavy atom. The maximum atomic E-state index is 5.45. The minimum Gasteiger partial charge on any atom is -0.382 e. The van der Waals surface area contributed by atoms with Gasteiger partial charge < -0.3 is 19.4 Å². The molecule has 1 aromatic heterocycles. The summed E-state index contributed by atoms with van der Waals surface area (Å²) in [5, 5.41) is 3.44. The molecule has 110 valence electrons. The summed E-state index contributed by atoms with van der Waals surface area (Å²) in [7, 11) is 1.69. The van der Waals surface area contributed by atoms with E-state index in [4.69, 9.17) is 9.47 Å². The lowest BCUT2D eigenvalue weighted by Gasteiger charge is -2.10. The number of rotatable bonds is 11. The Morgan fingerprint density at radius 2 is 2.16 bits per heavy atom. The number of hydrogen-bond donors (Lipinski definition) is 1. The van der Waals surface area contributed by atoms with Crippen LogP contribution in [0.15, 0.2) is 12.5 Å². The highest BCUT2D eigenvalue weighted by Crippen LogP contribution is 2.01. The normalized spacial score (nSPS) is 11.4. The molecule has 0 aromatic carbocycles. The average Bonchev–Trinajstić information content (AvgIpc) is 2.81. The van der Waals surface area contributed by atoms with Crippen molar-refractivity contribution in [2.45, 2.75) is 33.4 Å². The maximum absolute atomic E-state index is 5.45. The zero-order chi connectivity index (χ0) is 13.9. The Hall–Kier alpha value is -0.910. The van der Waals surface area contributed by atoms with Gasteiger partial charge in [-0.25, -0.2) is 4.98 Å². The van der Waals surface area contributed by atoms with Crippen LogP contribution in [0.25, 0.3) is 0 Å². The van der Waals surface area contributed by atoms with E-state index in [1.165, 1.54) is 5.69 Å². The third-order valence-electron chi connectivity index (χ3n) is 2.78. The van der Waals surface area contributed by atoms with Crippen LogP contribution in [0.1, 0.15) is 26.0 Å². The van der Waals surface area contributed by atoms with Crippen LogP contribution in [0.5, 0.6) is 0 Å². The van der Waals surface area contributed by atoms with E-state index in [1.54, 1.807) is 7.11 Å². The fraction of sp³-hybridized carbons (Fsp3) is 0.786. The number of hydrogen-bond acceptors (Lipinski definition) is 4. The molecule has 0 fully saturated rings. The van der Waals surface area contributed by atoms with Crippen molar-refractivity contribution in [3.8, 4) is 0 Å². The molecule has 0 radical (unpaired) electrons. The first-order valence-corrected chi connectivity index (χ1v) is 7.00. The van der Waals surface area contributed by atoms with Crippen molar-refractivity contribution in [2.75, 3.05) is 33.5 Å². The Labute approximate surface area is 116 Å². The average molecular weight is 269 g/mol. The SMILES string of the molecule is COCCOCCCn1cncc1CNCC(C)C. The first-order chi connectivity index (χ1) is 9.24. The minimum absolute atomic E-state index is 0.662. The van der Waals surface area contributed by atoms with E-state index in [0.717, 1.165) is 32.7 Å². The standard InChI is InChI=1S/C14H27N3O2/c1-13(2)9-15-10-14-11-16-12-17(14)5-4-6-19-8-7-18-3/h11-13,15H,4-10H2,1-3H3. The fourth-order valence-electron chi connectivity index (χ4n) is 1.77. The maximum Gasteiger partial charge on any atom is 0.0948 e. The predicted molar refractivity (Wildman–Crippen MR) is 76.1 cm³/mol. The van der Waals surface area contributed by atoms with Crippen molar-refractivity contribution in [3.05, 3.63) is 18.2 Å². The number of nitrogens with one attached hydrogen (secondary N) is 1. The molecule has 5 nitrogen and oxygen atoms in total. The van der Waals surface area contributed by atoms with Gasteiger partial charge in [-0.3, -0.25) is 0 Å². The Kier molecular flexibility index (Phi) is 8.45. The Balaban J connectivity index is 2.17. The smallest absolute Gasteiger partial charge is 0.0948 e. The number of imidazole rings is 1. The van der Waals surface area contributed by atoms with Gasteiger partial charge in [-0.2, -0.15) is 0 Å². The molecule has 1 N–H and O–H groups in total. The van der Waals surface area contributed by atoms with Crippen LogP contribution in [-0.2, 0) is 22.6 Å². The second kappa shape index (κ2) is 9.95. The van der Waals surface area contributed by atoms with Gasteiger partial charge >= 0.3 is 0 Å². The second-order valence-electron chi connectivity index (χ2n) is 5.06. The Morgan fingerprint density at radius 1 is 1.32 bits per heavy atom. The lowest BCUT2D eigenvalue weighted by atomic mass is 10.2. The van der Waals surface area contributed by atoms with Crippen molar-refractivity contribution in [1.29, 1.82) is 0 Å². The fourth-order valence-corrected chi connectivity index (χ4v) is 1.77. The van der Waals surface area contributed by atoms with Crippen molar-refractivity contribution in [3.63, 3.8) is 0 Å². The quantitative estimate of drug-likeness (QED) is 0.621. The van der Waals surface area contributed by atoms with Gasteiger partial charge in [-0.1, -0.05) is 13.8 Å². The summed E-state index contributed by atoms with van der Waals surface area (Å²) in [5.74, 6) is 0.672. The number of aromatic nitrogens is 2. The summed E-state index contributed by atoms with van der Waals surface area (Å²) in [6.45, 7) is 9.38. The van der Waals surface area contributed by atoms with Gasteiger partial charge in [0, 0.05) is 33.0 Å². The molecule has 0 saturated carbocycles. The molecule has 0 spiro atoms. The lowest BCUT2D eigenvalue weighted by molar-refractivity contribution is 0.0679. The largest absolute Gasteiger partial charge is 0.382 e. The van der Waals surface area contributed by atoms with Gasteiger partial charge in [0.25, 0.3) is 0 Å². The number of nitrogens with zero attached hydrogens (tertiary/aromatic N) is 2. The van der Waals surface area contributed by atoms with E-state index >= 15 is 0 Å². The lowest BCUT2D eigenvalue weighted by Crippen LogP contribution is -2.21. The first kappa shape index (κ1) is 16.1. The highest BCUT2D eigenvalue weighted by Gasteiger charge is 2.02. The van der Waals surface area contributed by atoms with E-state index in [2.05, 4.69) is 28.7 Å². The Bertz CT molecular complexity index is 326. The van der Waals surface area contributed by atoms with Crippen LogP contribution in [0.3, 0.4) is 0 Å². The van der Waals surface area contributed by atoms with Crippen LogP contribution >= 0.6 is 0 Å². The zero-order valence-electron chi connectivity index (χ0n) is 12.4. The van der Waals surface area contributed by atoms with Crippen LogP contribution in [0.4, 0.5) is 0 Å². The molecule has 19 heavy (non-hydrogen) atoms. The van der Waals surface area contributed by atoms with Gasteiger partial charge in [0.15, 0.2) is 0 Å². The molecule has 0 saturated heterocycles. The van der Waals surface area contributed by atoms with Gasteiger partial charge in [-0.15, -0.1) is 0 Å². The molecule has 0 aliphatic heterocycles. The molecule has 0 atom stereocenters. The molecular weight excluding hydrogens is 242 g/mol. The van der Waals surface area contributed by atoms with E-state index in [1.807, 2.05) is 12.5 Å². The monoisotopic (exact) mass is 269 g/mol. The molecule has 1 aromatic rings. The van der Waals surface area contributed by atoms with E-state index in [-0.39, 0.29) is 0 Å². The third kappa shape index (κ3) is 7.30.